The molecular formula is C24H19Br2N5O2S. The molecule has 0 unspecified atom stereocenters. The largest absolute Gasteiger partial charge is 0.379 e. The number of nitrogens with two attached hydrogens (primary N) is 1. The van der Waals surface area contributed by atoms with Gasteiger partial charge < -0.3 is 15.3 Å². The molecule has 2 amide bonds. The van der Waals surface area contributed by atoms with E-state index in [0.717, 1.165) is 42.9 Å². The number of thioether (sulfide) groups is 1. The number of aryl methyl sites for hydroxylation is 1. The molecule has 0 saturated heterocycles. The number of aromatic nitrogens is 2. The number of benzene rings is 2. The van der Waals surface area contributed by atoms with Crippen molar-refractivity contribution in [2.45, 2.75) is 13.0 Å². The Balaban J connectivity index is 1.68. The van der Waals surface area contributed by atoms with Crippen LogP contribution >= 0.6 is 43.6 Å². The van der Waals surface area contributed by atoms with E-state index < -0.39 is 11.8 Å². The van der Waals surface area contributed by atoms with E-state index in [-0.39, 0.29) is 5.17 Å². The van der Waals surface area contributed by atoms with Crippen LogP contribution in [0.2, 0.25) is 0 Å². The SMILES string of the molecule is N=C(N)SCCCn1cc(C2=C(c3c[nH]c4ccc(Br)cc34)C(=O)NC2=O)c2cc(Br)ccc21. The molecule has 172 valence electrons. The summed E-state index contributed by atoms with van der Waals surface area (Å²) in [5.74, 6) is -0.0944. The van der Waals surface area contributed by atoms with Crippen LogP contribution in [0.5, 0.6) is 0 Å². The molecule has 1 aliphatic rings. The lowest BCUT2D eigenvalue weighted by Crippen LogP contribution is -2.22. The van der Waals surface area contributed by atoms with Crippen molar-refractivity contribution >= 4 is 93.6 Å². The molecule has 2 aromatic heterocycles. The summed E-state index contributed by atoms with van der Waals surface area (Å²) in [4.78, 5) is 29.3. The summed E-state index contributed by atoms with van der Waals surface area (Å²) in [6.45, 7) is 0.691. The second kappa shape index (κ2) is 9.09. The van der Waals surface area contributed by atoms with Crippen molar-refractivity contribution in [1.29, 1.82) is 5.41 Å². The number of hydrogen-bond acceptors (Lipinski definition) is 4. The standard InChI is InChI=1S/C24H19Br2N5O2S/c25-12-2-4-18-14(8-12)16(10-29-18)20-21(23(33)30-22(20)32)17-11-31(6-1-7-34-24(27)28)19-5-3-13(26)9-15(17)19/h2-5,8-11,29H,1,6-7H2,(H3,27,28)(H,30,32,33). The Morgan fingerprint density at radius 3 is 2.41 bits per heavy atom. The molecule has 5 N–H and O–H groups in total. The monoisotopic (exact) mass is 599 g/mol. The van der Waals surface area contributed by atoms with Gasteiger partial charge in [0.2, 0.25) is 0 Å². The fraction of sp³-hybridized carbons (Fsp3) is 0.125. The molecular weight excluding hydrogens is 582 g/mol. The van der Waals surface area contributed by atoms with Gasteiger partial charge in [0, 0.05) is 66.6 Å². The highest BCUT2D eigenvalue weighted by atomic mass is 79.9. The summed E-state index contributed by atoms with van der Waals surface area (Å²) >= 11 is 8.35. The third-order valence-electron chi connectivity index (χ3n) is 5.76. The number of amides is 2. The third-order valence-corrected chi connectivity index (χ3v) is 7.55. The summed E-state index contributed by atoms with van der Waals surface area (Å²) in [6, 6.07) is 11.7. The van der Waals surface area contributed by atoms with Gasteiger partial charge >= 0.3 is 0 Å². The number of nitrogens with zero attached hydrogens (tertiary/aromatic N) is 1. The zero-order valence-electron chi connectivity index (χ0n) is 17.7. The van der Waals surface area contributed by atoms with E-state index >= 15 is 0 Å². The molecule has 0 radical (unpaired) electrons. The van der Waals surface area contributed by atoms with Gasteiger partial charge in [-0.2, -0.15) is 0 Å². The first-order valence-electron chi connectivity index (χ1n) is 10.5. The normalized spacial score (nSPS) is 13.9. The van der Waals surface area contributed by atoms with Crippen LogP contribution in [0.25, 0.3) is 33.0 Å². The number of imide groups is 1. The summed E-state index contributed by atoms with van der Waals surface area (Å²) in [5, 5.41) is 11.7. The number of amidine groups is 1. The van der Waals surface area contributed by atoms with Gasteiger partial charge in [0.1, 0.15) is 0 Å². The number of aromatic amines is 1. The van der Waals surface area contributed by atoms with Crippen molar-refractivity contribution in [2.24, 2.45) is 5.73 Å². The lowest BCUT2D eigenvalue weighted by Gasteiger charge is -2.05. The number of halogens is 2. The maximum Gasteiger partial charge on any atom is 0.259 e. The highest BCUT2D eigenvalue weighted by Crippen LogP contribution is 2.39. The predicted octanol–water partition coefficient (Wildman–Crippen LogP) is 5.23. The molecule has 2 aromatic carbocycles. The van der Waals surface area contributed by atoms with Gasteiger partial charge in [0.15, 0.2) is 5.17 Å². The highest BCUT2D eigenvalue weighted by Gasteiger charge is 2.35. The molecule has 10 heteroatoms. The van der Waals surface area contributed by atoms with Gasteiger partial charge in [-0.15, -0.1) is 0 Å². The van der Waals surface area contributed by atoms with Crippen LogP contribution in [-0.2, 0) is 16.1 Å². The number of fused-ring (bicyclic) bond motifs is 2. The smallest absolute Gasteiger partial charge is 0.259 e. The average Bonchev–Trinajstić information content (AvgIpc) is 3.43. The number of hydrogen-bond donors (Lipinski definition) is 4. The quantitative estimate of drug-likeness (QED) is 0.105. The molecule has 1 aliphatic heterocycles. The van der Waals surface area contributed by atoms with Crippen molar-refractivity contribution < 1.29 is 9.59 Å². The van der Waals surface area contributed by atoms with Gasteiger partial charge in [0.25, 0.3) is 11.8 Å². The minimum absolute atomic E-state index is 0.100. The number of nitrogens with one attached hydrogen (secondary N) is 3. The molecule has 0 atom stereocenters. The van der Waals surface area contributed by atoms with Gasteiger partial charge in [-0.1, -0.05) is 43.6 Å². The fourth-order valence-corrected chi connectivity index (χ4v) is 5.55. The van der Waals surface area contributed by atoms with Crippen molar-refractivity contribution in [2.75, 3.05) is 5.75 Å². The maximum absolute atomic E-state index is 13.1. The average molecular weight is 601 g/mol. The minimum Gasteiger partial charge on any atom is -0.379 e. The van der Waals surface area contributed by atoms with Crippen LogP contribution < -0.4 is 11.1 Å². The Kier molecular flexibility index (Phi) is 6.13. The molecule has 4 aromatic rings. The maximum atomic E-state index is 13.1. The molecule has 0 aliphatic carbocycles. The first-order valence-corrected chi connectivity index (χ1v) is 13.0. The van der Waals surface area contributed by atoms with Crippen LogP contribution in [0.4, 0.5) is 0 Å². The molecule has 3 heterocycles. The number of carbonyl (C=O) groups is 2. The minimum atomic E-state index is -0.408. The first-order chi connectivity index (χ1) is 16.3. The molecule has 34 heavy (non-hydrogen) atoms. The summed E-state index contributed by atoms with van der Waals surface area (Å²) < 4.78 is 3.86. The lowest BCUT2D eigenvalue weighted by atomic mass is 9.95. The Morgan fingerprint density at radius 2 is 1.68 bits per heavy atom. The molecule has 0 saturated carbocycles. The zero-order chi connectivity index (χ0) is 24.0. The van der Waals surface area contributed by atoms with E-state index in [2.05, 4.69) is 46.7 Å². The molecule has 5 rings (SSSR count). The third kappa shape index (κ3) is 4.10. The molecule has 7 nitrogen and oxygen atoms in total. The second-order valence-corrected chi connectivity index (χ2v) is 10.9. The number of rotatable bonds is 6. The summed E-state index contributed by atoms with van der Waals surface area (Å²) in [6.07, 6.45) is 4.52. The summed E-state index contributed by atoms with van der Waals surface area (Å²) in [7, 11) is 0. The van der Waals surface area contributed by atoms with Crippen molar-refractivity contribution in [3.8, 4) is 0 Å². The van der Waals surface area contributed by atoms with Gasteiger partial charge in [-0.05, 0) is 42.8 Å². The topological polar surface area (TPSA) is 117 Å². The molecule has 0 fully saturated rings. The lowest BCUT2D eigenvalue weighted by molar-refractivity contribution is -0.122. The van der Waals surface area contributed by atoms with Crippen molar-refractivity contribution in [1.82, 2.24) is 14.9 Å². The predicted molar refractivity (Wildman–Crippen MR) is 145 cm³/mol. The molecule has 0 bridgehead atoms. The van der Waals surface area contributed by atoms with E-state index in [0.29, 0.717) is 28.8 Å². The van der Waals surface area contributed by atoms with Crippen molar-refractivity contribution in [3.63, 3.8) is 0 Å². The second-order valence-electron chi connectivity index (χ2n) is 7.89. The first kappa shape index (κ1) is 22.9. The van der Waals surface area contributed by atoms with E-state index in [1.807, 2.05) is 42.6 Å². The number of carbonyl (C=O) groups excluding carboxylic acids is 2. The Bertz CT molecular complexity index is 1540. The summed E-state index contributed by atoms with van der Waals surface area (Å²) in [5.41, 5.74) is 9.41. The molecule has 0 spiro atoms. The Hall–Kier alpha value is -2.82. The van der Waals surface area contributed by atoms with Crippen LogP contribution in [0.3, 0.4) is 0 Å². The van der Waals surface area contributed by atoms with Crippen LogP contribution in [0, 0.1) is 5.41 Å². The van der Waals surface area contributed by atoms with Crippen LogP contribution in [0.15, 0.2) is 57.7 Å². The fourth-order valence-electron chi connectivity index (χ4n) is 4.34. The Labute approximate surface area is 215 Å². The van der Waals surface area contributed by atoms with E-state index in [9.17, 15) is 9.59 Å². The van der Waals surface area contributed by atoms with Gasteiger partial charge in [0.05, 0.1) is 11.1 Å². The van der Waals surface area contributed by atoms with E-state index in [1.165, 1.54) is 11.8 Å². The van der Waals surface area contributed by atoms with Crippen molar-refractivity contribution in [3.05, 3.63) is 68.9 Å². The highest BCUT2D eigenvalue weighted by molar-refractivity contribution is 9.10. The van der Waals surface area contributed by atoms with Crippen LogP contribution in [0.1, 0.15) is 17.5 Å². The zero-order valence-corrected chi connectivity index (χ0v) is 21.7. The van der Waals surface area contributed by atoms with Crippen LogP contribution in [-0.4, -0.2) is 32.3 Å². The number of H-pyrrole nitrogens is 1. The Morgan fingerprint density at radius 1 is 1.00 bits per heavy atom. The van der Waals surface area contributed by atoms with Gasteiger partial charge in [-0.3, -0.25) is 20.3 Å². The van der Waals surface area contributed by atoms with E-state index in [1.54, 1.807) is 6.20 Å². The van der Waals surface area contributed by atoms with E-state index in [4.69, 9.17) is 11.1 Å². The van der Waals surface area contributed by atoms with Gasteiger partial charge in [-0.25, -0.2) is 0 Å².